The molecule has 55 heavy (non-hydrogen) atoms. The number of ether oxygens (including phenoxy) is 2. The number of fused-ring (bicyclic) bond motifs is 4. The van der Waals surface area contributed by atoms with Crippen molar-refractivity contribution >= 4 is 52.2 Å². The maximum absolute atomic E-state index is 13.2. The minimum atomic E-state index is -0.944. The van der Waals surface area contributed by atoms with Crippen molar-refractivity contribution in [3.05, 3.63) is 122 Å². The highest BCUT2D eigenvalue weighted by Gasteiger charge is 2.34. The monoisotopic (exact) mass is 778 g/mol. The molecule has 5 aromatic rings. The molecule has 3 aromatic carbocycles. The fourth-order valence-electron chi connectivity index (χ4n) is 6.73. The Bertz CT molecular complexity index is 2330. The van der Waals surface area contributed by atoms with Crippen LogP contribution in [0.2, 0.25) is 5.02 Å². The lowest BCUT2D eigenvalue weighted by atomic mass is 9.98. The maximum atomic E-state index is 13.2. The number of aromatic nitrogens is 3. The summed E-state index contributed by atoms with van der Waals surface area (Å²) in [4.78, 5) is 56.0. The van der Waals surface area contributed by atoms with Crippen molar-refractivity contribution < 1.29 is 28.7 Å². The number of imide groups is 1. The highest BCUT2D eigenvalue weighted by atomic mass is 35.5. The zero-order valence-corrected chi connectivity index (χ0v) is 32.2. The molecule has 2 aliphatic rings. The lowest BCUT2D eigenvalue weighted by molar-refractivity contribution is -0.121. The largest absolute Gasteiger partial charge is 0.457 e. The van der Waals surface area contributed by atoms with E-state index in [-0.39, 0.29) is 29.2 Å². The van der Waals surface area contributed by atoms with E-state index in [9.17, 15) is 19.2 Å². The lowest BCUT2D eigenvalue weighted by Crippen LogP contribution is -2.42. The van der Waals surface area contributed by atoms with Gasteiger partial charge in [-0.15, -0.1) is 21.5 Å². The van der Waals surface area contributed by atoms with Gasteiger partial charge in [0.15, 0.2) is 5.82 Å². The molecule has 0 aliphatic carbocycles. The zero-order chi connectivity index (χ0) is 38.6. The van der Waals surface area contributed by atoms with Crippen LogP contribution in [0.15, 0.2) is 71.7 Å². The number of halogens is 1. The molecule has 0 saturated heterocycles. The van der Waals surface area contributed by atoms with Gasteiger partial charge in [0.25, 0.3) is 17.6 Å². The normalized spacial score (nSPS) is 14.7. The number of thiophene rings is 1. The molecule has 0 spiro atoms. The fraction of sp³-hybridized carbons (Fsp3) is 0.293. The summed E-state index contributed by atoms with van der Waals surface area (Å²) < 4.78 is 13.8. The number of aryl methyl sites for hydroxylation is 3. The first-order valence-corrected chi connectivity index (χ1v) is 19.3. The summed E-state index contributed by atoms with van der Waals surface area (Å²) in [6.07, 6.45) is 3.67. The predicted molar refractivity (Wildman–Crippen MR) is 209 cm³/mol. The van der Waals surface area contributed by atoms with E-state index in [2.05, 4.69) is 34.7 Å². The molecule has 0 bridgehead atoms. The second-order valence-corrected chi connectivity index (χ2v) is 15.1. The number of unbranched alkanes of at least 4 members (excludes halogenated alkanes) is 2. The molecule has 14 heteroatoms. The molecule has 4 heterocycles. The van der Waals surface area contributed by atoms with Gasteiger partial charge in [0, 0.05) is 39.7 Å². The van der Waals surface area contributed by atoms with E-state index < -0.39 is 23.6 Å². The van der Waals surface area contributed by atoms with Crippen LogP contribution in [0.3, 0.4) is 0 Å². The van der Waals surface area contributed by atoms with E-state index >= 15 is 0 Å². The minimum absolute atomic E-state index is 0.0324. The van der Waals surface area contributed by atoms with E-state index in [0.29, 0.717) is 36.4 Å². The average molecular weight is 779 g/mol. The molecule has 12 nitrogen and oxygen atoms in total. The van der Waals surface area contributed by atoms with Crippen LogP contribution in [-0.4, -0.2) is 63.7 Å². The van der Waals surface area contributed by atoms with Gasteiger partial charge >= 0.3 is 0 Å². The third-order valence-corrected chi connectivity index (χ3v) is 11.1. The Balaban J connectivity index is 0.870. The van der Waals surface area contributed by atoms with E-state index in [1.54, 1.807) is 29.5 Å². The molecule has 3 amide bonds. The molecule has 0 saturated carbocycles. The number of aliphatic imine (C=N–C) groups is 1. The summed E-state index contributed by atoms with van der Waals surface area (Å²) >= 11 is 7.89. The van der Waals surface area contributed by atoms with Gasteiger partial charge in [-0.3, -0.25) is 34.1 Å². The Morgan fingerprint density at radius 1 is 0.927 bits per heavy atom. The molecular weight excluding hydrogens is 740 g/mol. The van der Waals surface area contributed by atoms with Crippen LogP contribution in [0.1, 0.15) is 91.2 Å². The number of hydrogen-bond acceptors (Lipinski definition) is 10. The Morgan fingerprint density at radius 3 is 2.55 bits per heavy atom. The summed E-state index contributed by atoms with van der Waals surface area (Å²) in [7, 11) is 0. The first-order chi connectivity index (χ1) is 26.6. The van der Waals surface area contributed by atoms with Crippen LogP contribution >= 0.6 is 22.9 Å². The minimum Gasteiger partial charge on any atom is -0.457 e. The molecule has 1 atom stereocenters. The van der Waals surface area contributed by atoms with E-state index in [1.165, 1.54) is 10.9 Å². The van der Waals surface area contributed by atoms with Crippen molar-refractivity contribution in [3.8, 4) is 16.5 Å². The second kappa shape index (κ2) is 16.5. The first kappa shape index (κ1) is 37.8. The van der Waals surface area contributed by atoms with Crippen LogP contribution in [0.25, 0.3) is 5.00 Å². The van der Waals surface area contributed by atoms with Crippen molar-refractivity contribution in [2.75, 3.05) is 19.8 Å². The van der Waals surface area contributed by atoms with Crippen LogP contribution in [0.5, 0.6) is 11.5 Å². The van der Waals surface area contributed by atoms with Gasteiger partial charge in [0.2, 0.25) is 5.91 Å². The number of hydrogen-bond donors (Lipinski definition) is 2. The van der Waals surface area contributed by atoms with Gasteiger partial charge < -0.3 is 14.8 Å². The third-order valence-electron chi connectivity index (χ3n) is 9.62. The van der Waals surface area contributed by atoms with Crippen LogP contribution < -0.4 is 15.4 Å². The van der Waals surface area contributed by atoms with Crippen molar-refractivity contribution in [3.63, 3.8) is 0 Å². The Kier molecular flexibility index (Phi) is 11.3. The van der Waals surface area contributed by atoms with Gasteiger partial charge in [-0.2, -0.15) is 0 Å². The summed E-state index contributed by atoms with van der Waals surface area (Å²) in [5.41, 5.74) is 5.03. The number of rotatable bonds is 14. The highest BCUT2D eigenvalue weighted by Crippen LogP contribution is 2.39. The SMILES string of the molecule is Cc1sc2c(c1C)C(c1ccc(Cl)cc1)=N[C@@H](CC(=O)NCCOCCCCCc1cccc(Oc3cccc4c3C(=O)NC(=O)C4=O)c1)c1nnc(C)n1-2. The number of amides is 3. The molecule has 2 aliphatic heterocycles. The smallest absolute Gasteiger partial charge is 0.299 e. The number of carbonyl (C=O) groups is 4. The number of nitrogens with one attached hydrogen (secondary N) is 2. The van der Waals surface area contributed by atoms with Crippen molar-refractivity contribution in [1.82, 2.24) is 25.4 Å². The van der Waals surface area contributed by atoms with E-state index in [1.807, 2.05) is 54.0 Å². The first-order valence-electron chi connectivity index (χ1n) is 18.1. The zero-order valence-electron chi connectivity index (χ0n) is 30.6. The summed E-state index contributed by atoms with van der Waals surface area (Å²) in [5, 5.41) is 15.5. The molecule has 282 valence electrons. The Hall–Kier alpha value is -5.50. The maximum Gasteiger partial charge on any atom is 0.299 e. The molecule has 7 rings (SSSR count). The number of Topliss-reactive ketones (excluding diaryl/α,β-unsaturated/α-hetero) is 1. The van der Waals surface area contributed by atoms with Crippen LogP contribution in [0, 0.1) is 20.8 Å². The summed E-state index contributed by atoms with van der Waals surface area (Å²) in [6, 6.07) is 19.3. The van der Waals surface area contributed by atoms with Gasteiger partial charge in [-0.05, 0) is 87.6 Å². The van der Waals surface area contributed by atoms with Gasteiger partial charge in [-0.25, -0.2) is 0 Å². The fourth-order valence-corrected chi connectivity index (χ4v) is 8.07. The molecule has 0 fully saturated rings. The van der Waals surface area contributed by atoms with E-state index in [4.69, 9.17) is 26.1 Å². The van der Waals surface area contributed by atoms with Crippen molar-refractivity contribution in [1.29, 1.82) is 0 Å². The highest BCUT2D eigenvalue weighted by molar-refractivity contribution is 7.15. The van der Waals surface area contributed by atoms with Gasteiger partial charge in [-0.1, -0.05) is 48.4 Å². The van der Waals surface area contributed by atoms with Gasteiger partial charge in [0.1, 0.15) is 28.4 Å². The standard InChI is InChI=1S/C41H39ClN6O6S/c1-23-24(2)55-41-34(23)36(27-14-16-28(42)17-15-27)44-31(38-47-46-25(3)48(38)41)22-33(49)43-18-20-53-19-6-4-5-9-26-10-7-11-29(21-26)54-32-13-8-12-30-35(32)39(51)45-40(52)37(30)50/h7-8,10-17,21,31H,4-6,9,18-20,22H2,1-3H3,(H,43,49)(H,45,51,52)/t31-/m0/s1. The number of ketones is 1. The molecule has 2 N–H and O–H groups in total. The van der Waals surface area contributed by atoms with Crippen LogP contribution in [-0.2, 0) is 20.7 Å². The van der Waals surface area contributed by atoms with E-state index in [0.717, 1.165) is 64.5 Å². The molecular formula is C41H39ClN6O6S. The molecule has 0 radical (unpaired) electrons. The van der Waals surface area contributed by atoms with Crippen LogP contribution in [0.4, 0.5) is 0 Å². The van der Waals surface area contributed by atoms with Crippen molar-refractivity contribution in [2.45, 2.75) is 58.9 Å². The lowest BCUT2D eigenvalue weighted by Gasteiger charge is -2.17. The second-order valence-electron chi connectivity index (χ2n) is 13.4. The average Bonchev–Trinajstić information content (AvgIpc) is 3.65. The number of carbonyl (C=O) groups excluding carboxylic acids is 4. The number of benzene rings is 3. The predicted octanol–water partition coefficient (Wildman–Crippen LogP) is 6.98. The Morgan fingerprint density at radius 2 is 1.73 bits per heavy atom. The topological polar surface area (TPSA) is 154 Å². The molecule has 2 aromatic heterocycles. The quantitative estimate of drug-likeness (QED) is 0.0696. The Labute approximate surface area is 326 Å². The third kappa shape index (κ3) is 8.14. The summed E-state index contributed by atoms with van der Waals surface area (Å²) in [5.74, 6) is -0.404. The summed E-state index contributed by atoms with van der Waals surface area (Å²) in [6.45, 7) is 7.44. The molecule has 0 unspecified atom stereocenters. The van der Waals surface area contributed by atoms with Crippen molar-refractivity contribution in [2.24, 2.45) is 4.99 Å². The number of nitrogens with zero attached hydrogens (tertiary/aromatic N) is 4. The van der Waals surface area contributed by atoms with Gasteiger partial charge in [0.05, 0.1) is 24.3 Å².